The Bertz CT molecular complexity index is 2420. The summed E-state index contributed by atoms with van der Waals surface area (Å²) < 4.78 is 125. The first-order chi connectivity index (χ1) is 21.0. The number of carboxylic acid groups (broad SMARTS) is 1. The van der Waals surface area contributed by atoms with Crippen LogP contribution >= 0.6 is 0 Å². The van der Waals surface area contributed by atoms with Gasteiger partial charge >= 0.3 is 16.4 Å². The molecule has 0 unspecified atom stereocenters. The van der Waals surface area contributed by atoms with Crippen LogP contribution in [0.15, 0.2) is 76.9 Å². The Kier molecular flexibility index (Phi) is 10.3. The summed E-state index contributed by atoms with van der Waals surface area (Å²) in [5, 5.41) is 14.5. The number of hydrogen-bond acceptors (Lipinski definition) is 16. The van der Waals surface area contributed by atoms with Crippen molar-refractivity contribution >= 4 is 57.8 Å². The maximum atomic E-state index is 13.1. The van der Waals surface area contributed by atoms with E-state index in [4.69, 9.17) is 4.55 Å². The van der Waals surface area contributed by atoms with Gasteiger partial charge in [-0.15, -0.1) is 0 Å². The second kappa shape index (κ2) is 13.1. The van der Waals surface area contributed by atoms with Gasteiger partial charge < -0.3 is 5.11 Å². The number of carbonyl (C=O) groups is 1. The van der Waals surface area contributed by atoms with Gasteiger partial charge in [0.1, 0.15) is 15.1 Å². The number of nitrogens with zero attached hydrogens (tertiary/aromatic N) is 2. The number of hydrogen-bond donors (Lipinski definition) is 6. The van der Waals surface area contributed by atoms with Crippen molar-refractivity contribution in [3.63, 3.8) is 0 Å². The van der Waals surface area contributed by atoms with Crippen LogP contribution in [0.4, 0.5) is 11.4 Å². The molecule has 0 aliphatic rings. The van der Waals surface area contributed by atoms with Crippen LogP contribution in [0.1, 0.15) is 15.9 Å². The Balaban J connectivity index is 2.14. The first-order valence-corrected chi connectivity index (χ1v) is 17.7. The summed E-state index contributed by atoms with van der Waals surface area (Å²) in [4.78, 5) is 34.8. The van der Waals surface area contributed by atoms with E-state index in [2.05, 4.69) is 19.8 Å². The average molecular weight is 725 g/mol. The lowest BCUT2D eigenvalue weighted by Gasteiger charge is -2.10. The Morgan fingerprint density at radius 1 is 0.783 bits per heavy atom. The Labute approximate surface area is 258 Å². The highest BCUT2D eigenvalue weighted by molar-refractivity contribution is 7.91. The number of aromatic carboxylic acids is 1. The molecular weight excluding hydrogens is 705 g/mol. The van der Waals surface area contributed by atoms with Crippen LogP contribution in [0, 0.1) is 6.92 Å². The highest BCUT2D eigenvalue weighted by atomic mass is 32.3. The normalized spacial score (nSPS) is 13.5. The van der Waals surface area contributed by atoms with Crippen molar-refractivity contribution in [2.75, 3.05) is 23.2 Å². The molecule has 0 spiro atoms. The summed E-state index contributed by atoms with van der Waals surface area (Å²) in [5.41, 5.74) is -0.378. The monoisotopic (exact) mass is 724 g/mol. The predicted molar refractivity (Wildman–Crippen MR) is 153 cm³/mol. The highest BCUT2D eigenvalue weighted by Gasteiger charge is 2.23. The Hall–Kier alpha value is -4.43. The van der Waals surface area contributed by atoms with Crippen molar-refractivity contribution in [1.29, 1.82) is 0 Å². The van der Waals surface area contributed by atoms with Crippen LogP contribution in [-0.4, -0.2) is 70.8 Å². The molecule has 0 saturated carbocycles. The van der Waals surface area contributed by atoms with Crippen molar-refractivity contribution in [1.82, 2.24) is 0 Å². The molecule has 0 aromatic heterocycles. The van der Waals surface area contributed by atoms with E-state index in [1.165, 1.54) is 13.0 Å². The number of benzene rings is 3. The SMILES string of the molecule is Cc1ccc(NN=c2c(C(=O)O)cc(=O)c(=NNc3ccc(S(=O)(=O)CCOS(=O)(=O)O)cc3S(=O)(=O)O)c2=O)c(S(=O)(=O)O)c1. The first-order valence-electron chi connectivity index (χ1n) is 11.8. The van der Waals surface area contributed by atoms with E-state index < -0.39 is 112 Å². The number of aryl methyl sites for hydroxylation is 1. The van der Waals surface area contributed by atoms with Gasteiger partial charge in [-0.3, -0.25) is 34.1 Å². The number of nitrogens with one attached hydrogen (secondary N) is 2. The molecule has 0 saturated heterocycles. The van der Waals surface area contributed by atoms with Gasteiger partial charge in [0, 0.05) is 6.07 Å². The molecule has 3 aromatic carbocycles. The molecule has 0 heterocycles. The van der Waals surface area contributed by atoms with Crippen LogP contribution in [0.25, 0.3) is 0 Å². The molecule has 46 heavy (non-hydrogen) atoms. The summed E-state index contributed by atoms with van der Waals surface area (Å²) in [6, 6.07) is 5.86. The number of sulfone groups is 1. The van der Waals surface area contributed by atoms with Gasteiger partial charge in [-0.25, -0.2) is 17.4 Å². The highest BCUT2D eigenvalue weighted by Crippen LogP contribution is 2.26. The largest absolute Gasteiger partial charge is 0.478 e. The molecule has 24 heteroatoms. The van der Waals surface area contributed by atoms with E-state index in [1.54, 1.807) is 0 Å². The predicted octanol–water partition coefficient (Wildman–Crippen LogP) is -1.77. The van der Waals surface area contributed by atoms with Gasteiger partial charge in [-0.1, -0.05) is 6.07 Å². The number of anilines is 2. The third kappa shape index (κ3) is 8.85. The van der Waals surface area contributed by atoms with Crippen molar-refractivity contribution in [3.05, 3.63) is 84.8 Å². The molecule has 0 atom stereocenters. The minimum absolute atomic E-state index is 0.387. The summed E-state index contributed by atoms with van der Waals surface area (Å²) in [7, 11) is -19.6. The second-order valence-corrected chi connectivity index (χ2v) is 14.9. The van der Waals surface area contributed by atoms with Crippen LogP contribution in [0.5, 0.6) is 0 Å². The fourth-order valence-electron chi connectivity index (χ4n) is 3.53. The van der Waals surface area contributed by atoms with Crippen LogP contribution in [0.2, 0.25) is 0 Å². The van der Waals surface area contributed by atoms with Crippen LogP contribution in [0.3, 0.4) is 0 Å². The fourth-order valence-corrected chi connectivity index (χ4v) is 6.51. The summed E-state index contributed by atoms with van der Waals surface area (Å²) in [5.74, 6) is -2.89. The molecule has 20 nitrogen and oxygen atoms in total. The van der Waals surface area contributed by atoms with Crippen molar-refractivity contribution < 1.29 is 61.4 Å². The molecule has 0 amide bonds. The minimum atomic E-state index is -5.26. The van der Waals surface area contributed by atoms with E-state index in [-0.39, 0.29) is 0 Å². The molecule has 0 aliphatic heterocycles. The van der Waals surface area contributed by atoms with Crippen molar-refractivity contribution in [2.24, 2.45) is 10.2 Å². The quantitative estimate of drug-likeness (QED) is 0.0889. The fraction of sp³-hybridized carbons (Fsp3) is 0.136. The maximum absolute atomic E-state index is 13.1. The topological polar surface area (TPSA) is 327 Å². The number of carboxylic acids is 1. The van der Waals surface area contributed by atoms with Gasteiger partial charge in [0.2, 0.25) is 10.9 Å². The molecular formula is C22H20N4O16S4. The van der Waals surface area contributed by atoms with Gasteiger partial charge in [0.15, 0.2) is 15.2 Å². The van der Waals surface area contributed by atoms with Crippen molar-refractivity contribution in [3.8, 4) is 0 Å². The lowest BCUT2D eigenvalue weighted by atomic mass is 10.2. The summed E-state index contributed by atoms with van der Waals surface area (Å²) in [6.07, 6.45) is 0. The molecule has 0 fully saturated rings. The standard InChI is InChI=1S/C22H20N4O16S4/c1-11-2-4-14(17(8-11)44(33,34)35)23-25-19-13(22(29)30)10-16(27)20(21(19)28)26-24-15-5-3-12(9-18(15)45(36,37)38)43(31,32)7-6-42-46(39,40)41/h2-5,8-10,23-24H,6-7H2,1H3,(H,29,30)(H,33,34,35)(H,36,37,38)(H,39,40,41). The Morgan fingerprint density at radius 3 is 1.83 bits per heavy atom. The maximum Gasteiger partial charge on any atom is 0.397 e. The third-order valence-electron chi connectivity index (χ3n) is 5.59. The van der Waals surface area contributed by atoms with E-state index in [0.717, 1.165) is 24.3 Å². The smallest absolute Gasteiger partial charge is 0.397 e. The third-order valence-corrected chi connectivity index (χ3v) is 9.52. The van der Waals surface area contributed by atoms with Gasteiger partial charge in [0.25, 0.3) is 20.2 Å². The van der Waals surface area contributed by atoms with E-state index in [1.807, 2.05) is 5.43 Å². The van der Waals surface area contributed by atoms with Gasteiger partial charge in [-0.05, 0) is 42.8 Å². The zero-order chi connectivity index (χ0) is 34.8. The molecule has 0 aliphatic carbocycles. The van der Waals surface area contributed by atoms with Crippen LogP contribution < -0.4 is 32.4 Å². The lowest BCUT2D eigenvalue weighted by molar-refractivity contribution is 0.0694. The minimum Gasteiger partial charge on any atom is -0.478 e. The summed E-state index contributed by atoms with van der Waals surface area (Å²) >= 11 is 0. The second-order valence-electron chi connectivity index (χ2n) is 8.88. The molecule has 3 aromatic rings. The lowest BCUT2D eigenvalue weighted by Crippen LogP contribution is -2.50. The molecule has 6 N–H and O–H groups in total. The van der Waals surface area contributed by atoms with Crippen LogP contribution in [-0.2, 0) is 44.7 Å². The average Bonchev–Trinajstić information content (AvgIpc) is 2.90. The molecule has 0 bridgehead atoms. The van der Waals surface area contributed by atoms with Crippen molar-refractivity contribution in [2.45, 2.75) is 21.6 Å². The van der Waals surface area contributed by atoms with E-state index in [9.17, 15) is 62.3 Å². The summed E-state index contributed by atoms with van der Waals surface area (Å²) in [6.45, 7) is 0.427. The first kappa shape index (κ1) is 36.0. The number of rotatable bonds is 12. The van der Waals surface area contributed by atoms with Gasteiger partial charge in [-0.2, -0.15) is 35.5 Å². The zero-order valence-corrected chi connectivity index (χ0v) is 25.9. The Morgan fingerprint density at radius 2 is 1.30 bits per heavy atom. The molecule has 248 valence electrons. The van der Waals surface area contributed by atoms with E-state index in [0.29, 0.717) is 17.7 Å². The van der Waals surface area contributed by atoms with E-state index >= 15 is 0 Å². The molecule has 3 rings (SSSR count). The van der Waals surface area contributed by atoms with Gasteiger partial charge in [0.05, 0.1) is 34.2 Å². The molecule has 0 radical (unpaired) electrons. The zero-order valence-electron chi connectivity index (χ0n) is 22.7.